The number of anilines is 2. The molecule has 22 heavy (non-hydrogen) atoms. The van der Waals surface area contributed by atoms with E-state index in [1.807, 2.05) is 0 Å². The third kappa shape index (κ3) is 4.35. The van der Waals surface area contributed by atoms with E-state index in [1.54, 1.807) is 42.5 Å². The summed E-state index contributed by atoms with van der Waals surface area (Å²) in [5.41, 5.74) is 1.78. The molecule has 0 saturated heterocycles. The highest BCUT2D eigenvalue weighted by molar-refractivity contribution is 14.1. The van der Waals surface area contributed by atoms with Crippen molar-refractivity contribution in [1.29, 1.82) is 0 Å². The Bertz CT molecular complexity index is 704. The van der Waals surface area contributed by atoms with E-state index in [-0.39, 0.29) is 11.9 Å². The molecule has 0 aliphatic carbocycles. The molecule has 0 aliphatic rings. The van der Waals surface area contributed by atoms with E-state index >= 15 is 0 Å². The number of amides is 3. The van der Waals surface area contributed by atoms with Crippen molar-refractivity contribution >= 4 is 57.5 Å². The molecule has 2 rings (SSSR count). The van der Waals surface area contributed by atoms with Crippen LogP contribution < -0.4 is 16.0 Å². The van der Waals surface area contributed by atoms with Gasteiger partial charge in [0.25, 0.3) is 5.91 Å². The molecule has 0 aromatic heterocycles. The van der Waals surface area contributed by atoms with Gasteiger partial charge in [-0.3, -0.25) is 4.79 Å². The Morgan fingerprint density at radius 2 is 1.59 bits per heavy atom. The molecule has 0 fully saturated rings. The first-order chi connectivity index (χ1) is 10.5. The summed E-state index contributed by atoms with van der Waals surface area (Å²) >= 11 is 8.00. The van der Waals surface area contributed by atoms with Gasteiger partial charge in [0.1, 0.15) is 0 Å². The maximum atomic E-state index is 12.2. The molecule has 0 saturated carbocycles. The Hall–Kier alpha value is -1.80. The van der Waals surface area contributed by atoms with Crippen LogP contribution in [0.1, 0.15) is 10.4 Å². The smallest absolute Gasteiger partial charge is 0.318 e. The SMILES string of the molecule is CNC(=O)Nc1ccc(NC(=O)c2cc(Cl)ccc2I)cc1. The average Bonchev–Trinajstić information content (AvgIpc) is 2.51. The van der Waals surface area contributed by atoms with Crippen LogP contribution in [-0.4, -0.2) is 19.0 Å². The van der Waals surface area contributed by atoms with Crippen LogP contribution in [0.3, 0.4) is 0 Å². The molecule has 0 radical (unpaired) electrons. The minimum Gasteiger partial charge on any atom is -0.341 e. The number of urea groups is 1. The van der Waals surface area contributed by atoms with Crippen molar-refractivity contribution < 1.29 is 9.59 Å². The molecular formula is C15H13ClIN3O2. The lowest BCUT2D eigenvalue weighted by Crippen LogP contribution is -2.24. The van der Waals surface area contributed by atoms with Gasteiger partial charge in [-0.25, -0.2) is 4.79 Å². The topological polar surface area (TPSA) is 70.2 Å². The Morgan fingerprint density at radius 1 is 1.00 bits per heavy atom. The quantitative estimate of drug-likeness (QED) is 0.647. The van der Waals surface area contributed by atoms with Gasteiger partial charge in [0.15, 0.2) is 0 Å². The third-order valence-electron chi connectivity index (χ3n) is 2.80. The largest absolute Gasteiger partial charge is 0.341 e. The standard InChI is InChI=1S/C15H13ClIN3O2/c1-18-15(22)20-11-5-3-10(4-6-11)19-14(21)12-8-9(16)2-7-13(12)17/h2-8H,1H3,(H,19,21)(H2,18,20,22). The lowest BCUT2D eigenvalue weighted by Gasteiger charge is -2.09. The maximum absolute atomic E-state index is 12.2. The number of halogens is 2. The summed E-state index contributed by atoms with van der Waals surface area (Å²) in [5.74, 6) is -0.237. The molecule has 0 unspecified atom stereocenters. The summed E-state index contributed by atoms with van der Waals surface area (Å²) in [7, 11) is 1.54. The molecule has 7 heteroatoms. The molecule has 0 atom stereocenters. The number of nitrogens with one attached hydrogen (secondary N) is 3. The highest BCUT2D eigenvalue weighted by Crippen LogP contribution is 2.20. The van der Waals surface area contributed by atoms with Crippen LogP contribution in [0.4, 0.5) is 16.2 Å². The van der Waals surface area contributed by atoms with Crippen molar-refractivity contribution in [2.24, 2.45) is 0 Å². The highest BCUT2D eigenvalue weighted by atomic mass is 127. The van der Waals surface area contributed by atoms with E-state index in [0.29, 0.717) is 22.0 Å². The fourth-order valence-corrected chi connectivity index (χ4v) is 2.45. The first-order valence-electron chi connectivity index (χ1n) is 6.35. The summed E-state index contributed by atoms with van der Waals surface area (Å²) in [5, 5.41) is 8.40. The van der Waals surface area contributed by atoms with Crippen molar-refractivity contribution in [3.05, 3.63) is 56.6 Å². The van der Waals surface area contributed by atoms with Crippen LogP contribution in [0.15, 0.2) is 42.5 Å². The van der Waals surface area contributed by atoms with E-state index < -0.39 is 0 Å². The number of carbonyl (C=O) groups excluding carboxylic acids is 2. The summed E-state index contributed by atoms with van der Waals surface area (Å²) in [6.45, 7) is 0. The molecule has 0 bridgehead atoms. The second-order valence-electron chi connectivity index (χ2n) is 4.36. The summed E-state index contributed by atoms with van der Waals surface area (Å²) in [6.07, 6.45) is 0. The lowest BCUT2D eigenvalue weighted by atomic mass is 10.2. The van der Waals surface area contributed by atoms with Crippen LogP contribution in [0.2, 0.25) is 5.02 Å². The fraction of sp³-hybridized carbons (Fsp3) is 0.0667. The van der Waals surface area contributed by atoms with Gasteiger partial charge in [0, 0.05) is 27.0 Å². The number of hydrogen-bond acceptors (Lipinski definition) is 2. The van der Waals surface area contributed by atoms with Crippen molar-refractivity contribution in [3.8, 4) is 0 Å². The minimum atomic E-state index is -0.301. The summed E-state index contributed by atoms with van der Waals surface area (Å²) < 4.78 is 0.817. The number of carbonyl (C=O) groups is 2. The zero-order chi connectivity index (χ0) is 16.1. The highest BCUT2D eigenvalue weighted by Gasteiger charge is 2.11. The molecule has 2 aromatic rings. The van der Waals surface area contributed by atoms with Gasteiger partial charge in [-0.1, -0.05) is 11.6 Å². The minimum absolute atomic E-state index is 0.237. The predicted molar refractivity (Wildman–Crippen MR) is 96.6 cm³/mol. The van der Waals surface area contributed by atoms with Crippen LogP contribution in [0.25, 0.3) is 0 Å². The van der Waals surface area contributed by atoms with Gasteiger partial charge in [-0.15, -0.1) is 0 Å². The van der Waals surface area contributed by atoms with Crippen molar-refractivity contribution in [2.75, 3.05) is 17.7 Å². The maximum Gasteiger partial charge on any atom is 0.318 e. The molecule has 0 spiro atoms. The molecule has 3 amide bonds. The second-order valence-corrected chi connectivity index (χ2v) is 5.96. The van der Waals surface area contributed by atoms with Gasteiger partial charge in [-0.05, 0) is 65.1 Å². The van der Waals surface area contributed by atoms with E-state index in [1.165, 1.54) is 7.05 Å². The Labute approximate surface area is 146 Å². The van der Waals surface area contributed by atoms with E-state index in [2.05, 4.69) is 38.5 Å². The predicted octanol–water partition coefficient (Wildman–Crippen LogP) is 3.95. The van der Waals surface area contributed by atoms with Crippen molar-refractivity contribution in [2.45, 2.75) is 0 Å². The number of hydrogen-bond donors (Lipinski definition) is 3. The molecule has 0 aliphatic heterocycles. The molecule has 5 nitrogen and oxygen atoms in total. The van der Waals surface area contributed by atoms with Crippen molar-refractivity contribution in [1.82, 2.24) is 5.32 Å². The van der Waals surface area contributed by atoms with E-state index in [9.17, 15) is 9.59 Å². The average molecular weight is 430 g/mol. The molecular weight excluding hydrogens is 417 g/mol. The first-order valence-corrected chi connectivity index (χ1v) is 7.80. The molecule has 2 aromatic carbocycles. The lowest BCUT2D eigenvalue weighted by molar-refractivity contribution is 0.102. The van der Waals surface area contributed by atoms with Crippen LogP contribution in [0, 0.1) is 3.57 Å². The summed E-state index contributed by atoms with van der Waals surface area (Å²) in [6, 6.07) is 11.7. The number of rotatable bonds is 3. The Kier molecular flexibility index (Phi) is 5.62. The zero-order valence-electron chi connectivity index (χ0n) is 11.6. The second kappa shape index (κ2) is 7.46. The van der Waals surface area contributed by atoms with Gasteiger partial charge in [0.2, 0.25) is 0 Å². The summed E-state index contributed by atoms with van der Waals surface area (Å²) in [4.78, 5) is 23.4. The molecule has 3 N–H and O–H groups in total. The van der Waals surface area contributed by atoms with Gasteiger partial charge >= 0.3 is 6.03 Å². The van der Waals surface area contributed by atoms with Gasteiger partial charge < -0.3 is 16.0 Å². The van der Waals surface area contributed by atoms with Crippen LogP contribution >= 0.6 is 34.2 Å². The Balaban J connectivity index is 2.08. The van der Waals surface area contributed by atoms with Crippen molar-refractivity contribution in [3.63, 3.8) is 0 Å². The number of benzene rings is 2. The Morgan fingerprint density at radius 3 is 2.18 bits per heavy atom. The third-order valence-corrected chi connectivity index (χ3v) is 3.98. The molecule has 0 heterocycles. The van der Waals surface area contributed by atoms with Crippen LogP contribution in [-0.2, 0) is 0 Å². The zero-order valence-corrected chi connectivity index (χ0v) is 14.5. The fourth-order valence-electron chi connectivity index (χ4n) is 1.70. The monoisotopic (exact) mass is 429 g/mol. The van der Waals surface area contributed by atoms with Gasteiger partial charge in [0.05, 0.1) is 5.56 Å². The van der Waals surface area contributed by atoms with E-state index in [0.717, 1.165) is 3.57 Å². The van der Waals surface area contributed by atoms with Crippen LogP contribution in [0.5, 0.6) is 0 Å². The molecule has 114 valence electrons. The van der Waals surface area contributed by atoms with Gasteiger partial charge in [-0.2, -0.15) is 0 Å². The van der Waals surface area contributed by atoms with E-state index in [4.69, 9.17) is 11.6 Å². The normalized spacial score (nSPS) is 9.95. The first kappa shape index (κ1) is 16.6.